The van der Waals surface area contributed by atoms with E-state index in [-0.39, 0.29) is 35.3 Å². The molecular weight excluding hydrogens is 338 g/mol. The normalized spacial score (nSPS) is 24.6. The highest BCUT2D eigenvalue weighted by Gasteiger charge is 2.42. The van der Waals surface area contributed by atoms with Crippen LogP contribution >= 0.6 is 12.4 Å². The average molecular weight is 360 g/mol. The van der Waals surface area contributed by atoms with E-state index in [4.69, 9.17) is 0 Å². The number of halogens is 1. The second kappa shape index (κ2) is 7.17. The molecular formula is C15H22ClN3O3S. The Hall–Kier alpha value is -1.15. The first-order chi connectivity index (χ1) is 10.5. The Balaban J connectivity index is 0.00000192. The molecule has 2 aliphatic heterocycles. The molecule has 2 atom stereocenters. The van der Waals surface area contributed by atoms with Gasteiger partial charge in [0, 0.05) is 31.2 Å². The van der Waals surface area contributed by atoms with Crippen molar-refractivity contribution in [2.45, 2.75) is 36.2 Å². The molecule has 1 aromatic carbocycles. The number of hydrogen-bond acceptors (Lipinski definition) is 4. The molecule has 3 rings (SSSR count). The Morgan fingerprint density at radius 1 is 1.17 bits per heavy atom. The van der Waals surface area contributed by atoms with Gasteiger partial charge in [-0.15, -0.1) is 12.4 Å². The molecule has 2 N–H and O–H groups in total. The lowest BCUT2D eigenvalue weighted by Crippen LogP contribution is -2.42. The van der Waals surface area contributed by atoms with Crippen LogP contribution in [0.15, 0.2) is 29.2 Å². The third-order valence-electron chi connectivity index (χ3n) is 4.51. The van der Waals surface area contributed by atoms with Crippen molar-refractivity contribution >= 4 is 28.3 Å². The van der Waals surface area contributed by atoms with Crippen molar-refractivity contribution in [1.82, 2.24) is 14.9 Å². The van der Waals surface area contributed by atoms with Gasteiger partial charge in [0.15, 0.2) is 0 Å². The van der Waals surface area contributed by atoms with Crippen molar-refractivity contribution in [3.05, 3.63) is 29.8 Å². The fourth-order valence-corrected chi connectivity index (χ4v) is 5.27. The van der Waals surface area contributed by atoms with E-state index in [1.165, 1.54) is 12.1 Å². The lowest BCUT2D eigenvalue weighted by atomic mass is 10.1. The first-order valence-electron chi connectivity index (χ1n) is 7.60. The van der Waals surface area contributed by atoms with Crippen molar-refractivity contribution in [1.29, 1.82) is 0 Å². The molecule has 0 radical (unpaired) electrons. The Labute approximate surface area is 143 Å². The summed E-state index contributed by atoms with van der Waals surface area (Å²) in [7, 11) is -1.96. The first-order valence-corrected chi connectivity index (χ1v) is 9.04. The summed E-state index contributed by atoms with van der Waals surface area (Å²) >= 11 is 0. The van der Waals surface area contributed by atoms with Crippen LogP contribution in [-0.4, -0.2) is 50.9 Å². The fourth-order valence-electron chi connectivity index (χ4n) is 3.38. The van der Waals surface area contributed by atoms with Crippen LogP contribution in [0.4, 0.5) is 0 Å². The van der Waals surface area contributed by atoms with Crippen molar-refractivity contribution < 1.29 is 13.2 Å². The number of amides is 1. The van der Waals surface area contributed by atoms with Crippen molar-refractivity contribution in [3.63, 3.8) is 0 Å². The summed E-state index contributed by atoms with van der Waals surface area (Å²) in [4.78, 5) is 11.8. The summed E-state index contributed by atoms with van der Waals surface area (Å²) in [5.74, 6) is -0.219. The summed E-state index contributed by atoms with van der Waals surface area (Å²) in [5, 5.41) is 5.83. The van der Waals surface area contributed by atoms with Crippen LogP contribution in [0.2, 0.25) is 0 Å². The molecule has 0 aromatic heterocycles. The molecule has 128 valence electrons. The topological polar surface area (TPSA) is 78.5 Å². The van der Waals surface area contributed by atoms with Crippen molar-refractivity contribution in [3.8, 4) is 0 Å². The fraction of sp³-hybridized carbons (Fsp3) is 0.533. The molecule has 2 aliphatic rings. The number of carbonyl (C=O) groups is 1. The number of nitrogens with zero attached hydrogens (tertiary/aromatic N) is 1. The molecule has 2 unspecified atom stereocenters. The maximum Gasteiger partial charge on any atom is 0.251 e. The number of sulfonamides is 1. The molecule has 8 heteroatoms. The molecule has 0 aliphatic carbocycles. The van der Waals surface area contributed by atoms with E-state index in [1.54, 1.807) is 23.5 Å². The molecule has 1 amide bonds. The van der Waals surface area contributed by atoms with Gasteiger partial charge in [-0.1, -0.05) is 0 Å². The highest BCUT2D eigenvalue weighted by atomic mass is 35.5. The molecule has 2 bridgehead atoms. The SMILES string of the molecule is CNC(=O)c1ccc(S(=O)(=O)N2C3CCNCC2CC3)cc1.Cl. The first kappa shape index (κ1) is 18.2. The number of benzene rings is 1. The van der Waals surface area contributed by atoms with E-state index in [2.05, 4.69) is 10.6 Å². The minimum atomic E-state index is -3.51. The van der Waals surface area contributed by atoms with Crippen LogP contribution in [-0.2, 0) is 10.0 Å². The Kier molecular flexibility index (Phi) is 5.67. The average Bonchev–Trinajstić information content (AvgIpc) is 2.80. The summed E-state index contributed by atoms with van der Waals surface area (Å²) < 4.78 is 27.6. The van der Waals surface area contributed by atoms with Gasteiger partial charge >= 0.3 is 0 Å². The second-order valence-electron chi connectivity index (χ2n) is 5.82. The van der Waals surface area contributed by atoms with E-state index in [1.807, 2.05) is 0 Å². The van der Waals surface area contributed by atoms with Crippen LogP contribution < -0.4 is 10.6 Å². The Morgan fingerprint density at radius 3 is 2.48 bits per heavy atom. The predicted molar refractivity (Wildman–Crippen MR) is 90.4 cm³/mol. The minimum absolute atomic E-state index is 0. The van der Waals surface area contributed by atoms with Crippen LogP contribution in [0.25, 0.3) is 0 Å². The van der Waals surface area contributed by atoms with E-state index in [9.17, 15) is 13.2 Å². The molecule has 1 aromatic rings. The molecule has 0 spiro atoms. The van der Waals surface area contributed by atoms with E-state index >= 15 is 0 Å². The smallest absolute Gasteiger partial charge is 0.251 e. The van der Waals surface area contributed by atoms with Crippen LogP contribution in [0.1, 0.15) is 29.6 Å². The quantitative estimate of drug-likeness (QED) is 0.843. The largest absolute Gasteiger partial charge is 0.355 e. The number of hydrogen-bond donors (Lipinski definition) is 2. The van der Waals surface area contributed by atoms with Crippen molar-refractivity contribution in [2.75, 3.05) is 20.1 Å². The lowest BCUT2D eigenvalue weighted by molar-refractivity contribution is 0.0963. The zero-order chi connectivity index (χ0) is 15.7. The van der Waals surface area contributed by atoms with Gasteiger partial charge in [0.25, 0.3) is 5.91 Å². The van der Waals surface area contributed by atoms with Gasteiger partial charge in [-0.3, -0.25) is 4.79 Å². The van der Waals surface area contributed by atoms with E-state index in [0.29, 0.717) is 12.1 Å². The lowest BCUT2D eigenvalue weighted by Gasteiger charge is -2.26. The van der Waals surface area contributed by atoms with Gasteiger partial charge in [0.1, 0.15) is 0 Å². The third kappa shape index (κ3) is 3.38. The second-order valence-corrected chi connectivity index (χ2v) is 7.66. The maximum absolute atomic E-state index is 12.9. The third-order valence-corrected chi connectivity index (χ3v) is 6.53. The Bertz CT molecular complexity index is 649. The van der Waals surface area contributed by atoms with Gasteiger partial charge in [0.05, 0.1) is 4.90 Å². The van der Waals surface area contributed by atoms with Gasteiger partial charge in [-0.2, -0.15) is 4.31 Å². The Morgan fingerprint density at radius 2 is 1.83 bits per heavy atom. The summed E-state index contributed by atoms with van der Waals surface area (Å²) in [6.45, 7) is 1.58. The molecule has 0 saturated carbocycles. The zero-order valence-corrected chi connectivity index (χ0v) is 14.6. The highest BCUT2D eigenvalue weighted by molar-refractivity contribution is 7.89. The van der Waals surface area contributed by atoms with Gasteiger partial charge in [-0.05, 0) is 50.1 Å². The maximum atomic E-state index is 12.9. The van der Waals surface area contributed by atoms with Gasteiger partial charge in [0.2, 0.25) is 10.0 Å². The van der Waals surface area contributed by atoms with Crippen LogP contribution in [0.5, 0.6) is 0 Å². The predicted octanol–water partition coefficient (Wildman–Crippen LogP) is 0.983. The summed E-state index contributed by atoms with van der Waals surface area (Å²) in [6.07, 6.45) is 2.70. The zero-order valence-electron chi connectivity index (χ0n) is 13.0. The van der Waals surface area contributed by atoms with E-state index in [0.717, 1.165) is 25.8 Å². The van der Waals surface area contributed by atoms with Gasteiger partial charge in [-0.25, -0.2) is 8.42 Å². The molecule has 2 heterocycles. The minimum Gasteiger partial charge on any atom is -0.355 e. The monoisotopic (exact) mass is 359 g/mol. The van der Waals surface area contributed by atoms with E-state index < -0.39 is 10.0 Å². The number of nitrogens with one attached hydrogen (secondary N) is 2. The van der Waals surface area contributed by atoms with Crippen LogP contribution in [0.3, 0.4) is 0 Å². The van der Waals surface area contributed by atoms with Gasteiger partial charge < -0.3 is 10.6 Å². The van der Waals surface area contributed by atoms with Crippen LogP contribution in [0, 0.1) is 0 Å². The molecule has 2 saturated heterocycles. The summed E-state index contributed by atoms with van der Waals surface area (Å²) in [6, 6.07) is 6.29. The number of carbonyl (C=O) groups excluding carboxylic acids is 1. The molecule has 6 nitrogen and oxygen atoms in total. The summed E-state index contributed by atoms with van der Waals surface area (Å²) in [5.41, 5.74) is 0.460. The number of fused-ring (bicyclic) bond motifs is 2. The van der Waals surface area contributed by atoms with Crippen molar-refractivity contribution in [2.24, 2.45) is 0 Å². The number of rotatable bonds is 3. The highest BCUT2D eigenvalue weighted by Crippen LogP contribution is 2.33. The molecule has 2 fully saturated rings. The molecule has 23 heavy (non-hydrogen) atoms. The standard InChI is InChI=1S/C15H21N3O3S.ClH/c1-16-15(19)11-2-6-14(7-3-11)22(20,21)18-12-4-5-13(18)10-17-9-8-12;/h2-3,6-7,12-13,17H,4-5,8-10H2,1H3,(H,16,19);1H.